The Morgan fingerprint density at radius 1 is 1.44 bits per heavy atom. The van der Waals surface area contributed by atoms with Crippen LogP contribution in [0.1, 0.15) is 52.9 Å². The zero-order valence-electron chi connectivity index (χ0n) is 12.2. The van der Waals surface area contributed by atoms with Crippen molar-refractivity contribution in [2.45, 2.75) is 52.9 Å². The van der Waals surface area contributed by atoms with Gasteiger partial charge in [-0.1, -0.05) is 27.2 Å². The summed E-state index contributed by atoms with van der Waals surface area (Å²) in [5, 5.41) is 8.88. The van der Waals surface area contributed by atoms with Crippen molar-refractivity contribution in [1.82, 2.24) is 4.90 Å². The third kappa shape index (κ3) is 5.38. The second-order valence-electron chi connectivity index (χ2n) is 6.13. The standard InChI is InChI=1S/C15H29NO2/c1-4-6-12(2)10-16-8-5-7-14(11-16)13(3)9-15(17)18/h12-14H,4-11H2,1-3H3,(H,17,18). The zero-order valence-corrected chi connectivity index (χ0v) is 12.2. The summed E-state index contributed by atoms with van der Waals surface area (Å²) < 4.78 is 0. The number of aliphatic carboxylic acids is 1. The maximum Gasteiger partial charge on any atom is 0.303 e. The lowest BCUT2D eigenvalue weighted by Gasteiger charge is -2.36. The molecule has 1 aliphatic heterocycles. The Morgan fingerprint density at radius 3 is 2.78 bits per heavy atom. The quantitative estimate of drug-likeness (QED) is 0.759. The average Bonchev–Trinajstić information content (AvgIpc) is 2.28. The molecule has 3 heteroatoms. The molecule has 0 aliphatic carbocycles. The molecule has 1 heterocycles. The number of carboxylic acids is 1. The number of carboxylic acid groups (broad SMARTS) is 1. The van der Waals surface area contributed by atoms with E-state index in [1.54, 1.807) is 0 Å². The van der Waals surface area contributed by atoms with Crippen LogP contribution in [0.3, 0.4) is 0 Å². The Bertz CT molecular complexity index is 255. The van der Waals surface area contributed by atoms with Crippen molar-refractivity contribution in [1.29, 1.82) is 0 Å². The Morgan fingerprint density at radius 2 is 2.17 bits per heavy atom. The lowest BCUT2D eigenvalue weighted by atomic mass is 9.84. The second kappa shape index (κ2) is 7.78. The van der Waals surface area contributed by atoms with E-state index >= 15 is 0 Å². The largest absolute Gasteiger partial charge is 0.481 e. The van der Waals surface area contributed by atoms with Crippen LogP contribution in [0.4, 0.5) is 0 Å². The third-order valence-corrected chi connectivity index (χ3v) is 4.19. The first-order valence-corrected chi connectivity index (χ1v) is 7.47. The molecule has 0 saturated carbocycles. The van der Waals surface area contributed by atoms with Gasteiger partial charge in [-0.05, 0) is 43.6 Å². The third-order valence-electron chi connectivity index (χ3n) is 4.19. The molecular weight excluding hydrogens is 226 g/mol. The van der Waals surface area contributed by atoms with Crippen LogP contribution >= 0.6 is 0 Å². The van der Waals surface area contributed by atoms with Gasteiger partial charge in [0.15, 0.2) is 0 Å². The molecule has 0 amide bonds. The number of hydrogen-bond donors (Lipinski definition) is 1. The summed E-state index contributed by atoms with van der Waals surface area (Å²) in [7, 11) is 0. The van der Waals surface area contributed by atoms with Gasteiger partial charge in [0, 0.05) is 19.5 Å². The van der Waals surface area contributed by atoms with Crippen LogP contribution in [0.2, 0.25) is 0 Å². The lowest BCUT2D eigenvalue weighted by Crippen LogP contribution is -2.40. The van der Waals surface area contributed by atoms with Gasteiger partial charge in [0.05, 0.1) is 0 Å². The summed E-state index contributed by atoms with van der Waals surface area (Å²) in [5.74, 6) is 0.998. The molecule has 0 aromatic heterocycles. The molecule has 0 aromatic carbocycles. The summed E-state index contributed by atoms with van der Waals surface area (Å²) in [6, 6.07) is 0. The fourth-order valence-electron chi connectivity index (χ4n) is 3.19. The van der Waals surface area contributed by atoms with Gasteiger partial charge in [-0.15, -0.1) is 0 Å². The van der Waals surface area contributed by atoms with E-state index in [1.165, 1.54) is 38.8 Å². The molecule has 3 nitrogen and oxygen atoms in total. The van der Waals surface area contributed by atoms with Gasteiger partial charge in [0.2, 0.25) is 0 Å². The molecule has 0 radical (unpaired) electrons. The van der Waals surface area contributed by atoms with Gasteiger partial charge in [-0.25, -0.2) is 0 Å². The first-order valence-electron chi connectivity index (χ1n) is 7.47. The van der Waals surface area contributed by atoms with E-state index in [2.05, 4.69) is 25.7 Å². The maximum atomic E-state index is 10.8. The molecule has 3 atom stereocenters. The van der Waals surface area contributed by atoms with E-state index in [-0.39, 0.29) is 0 Å². The van der Waals surface area contributed by atoms with Crippen molar-refractivity contribution in [2.24, 2.45) is 17.8 Å². The monoisotopic (exact) mass is 255 g/mol. The Hall–Kier alpha value is -0.570. The summed E-state index contributed by atoms with van der Waals surface area (Å²) in [6.07, 6.45) is 5.31. The van der Waals surface area contributed by atoms with Gasteiger partial charge in [0.25, 0.3) is 0 Å². The number of hydrogen-bond acceptors (Lipinski definition) is 2. The van der Waals surface area contributed by atoms with E-state index < -0.39 is 5.97 Å². The predicted molar refractivity (Wildman–Crippen MR) is 74.7 cm³/mol. The van der Waals surface area contributed by atoms with Gasteiger partial charge < -0.3 is 10.0 Å². The molecule has 3 unspecified atom stereocenters. The summed E-state index contributed by atoms with van der Waals surface area (Å²) in [5.41, 5.74) is 0. The number of piperidine rings is 1. The topological polar surface area (TPSA) is 40.5 Å². The molecular formula is C15H29NO2. The fraction of sp³-hybridized carbons (Fsp3) is 0.933. The normalized spacial score (nSPS) is 24.7. The van der Waals surface area contributed by atoms with E-state index in [0.29, 0.717) is 18.3 Å². The highest BCUT2D eigenvalue weighted by atomic mass is 16.4. The number of carbonyl (C=O) groups is 1. The molecule has 18 heavy (non-hydrogen) atoms. The van der Waals surface area contributed by atoms with Crippen molar-refractivity contribution in [3.05, 3.63) is 0 Å². The fourth-order valence-corrected chi connectivity index (χ4v) is 3.19. The smallest absolute Gasteiger partial charge is 0.303 e. The summed E-state index contributed by atoms with van der Waals surface area (Å²) in [6.45, 7) is 10.1. The molecule has 0 aromatic rings. The minimum absolute atomic E-state index is 0.312. The van der Waals surface area contributed by atoms with Crippen LogP contribution in [0.5, 0.6) is 0 Å². The Labute approximate surface area is 112 Å². The minimum Gasteiger partial charge on any atom is -0.481 e. The van der Waals surface area contributed by atoms with Crippen LogP contribution in [0.25, 0.3) is 0 Å². The van der Waals surface area contributed by atoms with E-state index in [0.717, 1.165) is 12.5 Å². The summed E-state index contributed by atoms with van der Waals surface area (Å²) >= 11 is 0. The molecule has 0 spiro atoms. The van der Waals surface area contributed by atoms with Crippen molar-refractivity contribution in [2.75, 3.05) is 19.6 Å². The van der Waals surface area contributed by atoms with Crippen molar-refractivity contribution in [3.63, 3.8) is 0 Å². The highest BCUT2D eigenvalue weighted by Gasteiger charge is 2.26. The van der Waals surface area contributed by atoms with Crippen LogP contribution in [0, 0.1) is 17.8 Å². The van der Waals surface area contributed by atoms with E-state index in [1.807, 2.05) is 0 Å². The molecule has 1 aliphatic rings. The van der Waals surface area contributed by atoms with Crippen LogP contribution in [-0.4, -0.2) is 35.6 Å². The minimum atomic E-state index is -0.654. The molecule has 1 saturated heterocycles. The van der Waals surface area contributed by atoms with Gasteiger partial charge in [-0.2, -0.15) is 0 Å². The van der Waals surface area contributed by atoms with Crippen molar-refractivity contribution >= 4 is 5.97 Å². The lowest BCUT2D eigenvalue weighted by molar-refractivity contribution is -0.138. The number of rotatable bonds is 7. The van der Waals surface area contributed by atoms with E-state index in [4.69, 9.17) is 5.11 Å². The van der Waals surface area contributed by atoms with Crippen LogP contribution in [0.15, 0.2) is 0 Å². The molecule has 0 bridgehead atoms. The van der Waals surface area contributed by atoms with Gasteiger partial charge >= 0.3 is 5.97 Å². The number of likely N-dealkylation sites (tertiary alicyclic amines) is 1. The second-order valence-corrected chi connectivity index (χ2v) is 6.13. The van der Waals surface area contributed by atoms with Gasteiger partial charge in [0.1, 0.15) is 0 Å². The Balaban J connectivity index is 2.38. The van der Waals surface area contributed by atoms with Crippen molar-refractivity contribution < 1.29 is 9.90 Å². The molecule has 1 fully saturated rings. The highest BCUT2D eigenvalue weighted by molar-refractivity contribution is 5.66. The maximum absolute atomic E-state index is 10.8. The molecule has 1 N–H and O–H groups in total. The van der Waals surface area contributed by atoms with E-state index in [9.17, 15) is 4.79 Å². The average molecular weight is 255 g/mol. The first-order chi connectivity index (χ1) is 8.52. The number of nitrogens with zero attached hydrogens (tertiary/aromatic N) is 1. The van der Waals surface area contributed by atoms with Crippen LogP contribution in [-0.2, 0) is 4.79 Å². The highest BCUT2D eigenvalue weighted by Crippen LogP contribution is 2.26. The first kappa shape index (κ1) is 15.5. The Kier molecular flexibility index (Phi) is 6.69. The SMILES string of the molecule is CCCC(C)CN1CCCC(C(C)CC(=O)O)C1. The molecule has 106 valence electrons. The predicted octanol–water partition coefficient (Wildman–Crippen LogP) is 3.25. The zero-order chi connectivity index (χ0) is 13.5. The van der Waals surface area contributed by atoms with Gasteiger partial charge in [-0.3, -0.25) is 4.79 Å². The molecule has 1 rings (SSSR count). The van der Waals surface area contributed by atoms with Crippen molar-refractivity contribution in [3.8, 4) is 0 Å². The summed E-state index contributed by atoms with van der Waals surface area (Å²) in [4.78, 5) is 13.3. The van der Waals surface area contributed by atoms with Crippen LogP contribution < -0.4 is 0 Å².